The summed E-state index contributed by atoms with van der Waals surface area (Å²) in [6.07, 6.45) is 1.31. The topological polar surface area (TPSA) is 102 Å². The molecule has 0 saturated carbocycles. The highest BCUT2D eigenvalue weighted by Crippen LogP contribution is 2.29. The number of hydrogen-bond donors (Lipinski definition) is 3. The summed E-state index contributed by atoms with van der Waals surface area (Å²) < 4.78 is 6.47. The number of aryl methyl sites for hydroxylation is 2. The first-order chi connectivity index (χ1) is 12.9. The van der Waals surface area contributed by atoms with Crippen molar-refractivity contribution in [2.24, 2.45) is 0 Å². The molecular formula is C19H18BrN5O2. The zero-order valence-corrected chi connectivity index (χ0v) is 16.4. The molecule has 8 heteroatoms. The van der Waals surface area contributed by atoms with E-state index in [0.29, 0.717) is 15.8 Å². The van der Waals surface area contributed by atoms with E-state index in [1.54, 1.807) is 18.2 Å². The molecule has 4 N–H and O–H groups in total. The molecule has 0 aliphatic heterocycles. The number of hydrazine groups is 1. The Hall–Kier alpha value is -3.13. The molecule has 0 fully saturated rings. The highest BCUT2D eigenvalue weighted by Gasteiger charge is 2.13. The van der Waals surface area contributed by atoms with E-state index in [4.69, 9.17) is 10.5 Å². The van der Waals surface area contributed by atoms with Gasteiger partial charge in [-0.05, 0) is 65.2 Å². The third-order valence-electron chi connectivity index (χ3n) is 3.67. The van der Waals surface area contributed by atoms with Gasteiger partial charge in [-0.1, -0.05) is 18.2 Å². The van der Waals surface area contributed by atoms with Gasteiger partial charge in [-0.3, -0.25) is 15.6 Å². The average molecular weight is 428 g/mol. The molecule has 1 heterocycles. The second-order valence-electron chi connectivity index (χ2n) is 5.93. The highest BCUT2D eigenvalue weighted by atomic mass is 79.9. The van der Waals surface area contributed by atoms with Crippen molar-refractivity contribution in [3.05, 3.63) is 70.0 Å². The fourth-order valence-electron chi connectivity index (χ4n) is 2.49. The minimum Gasteiger partial charge on any atom is -0.437 e. The van der Waals surface area contributed by atoms with Crippen LogP contribution in [0.25, 0.3) is 0 Å². The Morgan fingerprint density at radius 3 is 2.52 bits per heavy atom. The van der Waals surface area contributed by atoms with Gasteiger partial charge in [-0.15, -0.1) is 0 Å². The highest BCUT2D eigenvalue weighted by molar-refractivity contribution is 9.10. The van der Waals surface area contributed by atoms with Crippen LogP contribution in [-0.2, 0) is 0 Å². The van der Waals surface area contributed by atoms with Crippen LogP contribution in [0.4, 0.5) is 11.5 Å². The van der Waals surface area contributed by atoms with Gasteiger partial charge in [0.1, 0.15) is 17.8 Å². The van der Waals surface area contributed by atoms with Crippen LogP contribution in [0.1, 0.15) is 21.5 Å². The van der Waals surface area contributed by atoms with Gasteiger partial charge in [0.2, 0.25) is 5.88 Å². The van der Waals surface area contributed by atoms with Gasteiger partial charge in [0.15, 0.2) is 5.82 Å². The number of nitrogens with zero attached hydrogens (tertiary/aromatic N) is 2. The number of carbonyl (C=O) groups excluding carboxylic acids is 1. The van der Waals surface area contributed by atoms with Crippen molar-refractivity contribution in [1.29, 1.82) is 0 Å². The Morgan fingerprint density at radius 1 is 1.11 bits per heavy atom. The van der Waals surface area contributed by atoms with Crippen LogP contribution >= 0.6 is 15.9 Å². The largest absolute Gasteiger partial charge is 0.437 e. The second kappa shape index (κ2) is 8.05. The number of nitrogens with two attached hydrogens (primary N) is 1. The van der Waals surface area contributed by atoms with Gasteiger partial charge in [-0.2, -0.15) is 4.98 Å². The van der Waals surface area contributed by atoms with E-state index in [1.165, 1.54) is 6.33 Å². The number of anilines is 2. The first-order valence-electron chi connectivity index (χ1n) is 8.11. The van der Waals surface area contributed by atoms with Crippen LogP contribution in [-0.4, -0.2) is 15.9 Å². The lowest BCUT2D eigenvalue weighted by atomic mass is 10.1. The summed E-state index contributed by atoms with van der Waals surface area (Å²) in [6.45, 7) is 3.96. The third kappa shape index (κ3) is 4.53. The number of halogens is 1. The zero-order valence-electron chi connectivity index (χ0n) is 14.8. The Labute approximate surface area is 165 Å². The van der Waals surface area contributed by atoms with Gasteiger partial charge in [-0.25, -0.2) is 4.98 Å². The lowest BCUT2D eigenvalue weighted by Gasteiger charge is -2.13. The molecule has 0 bridgehead atoms. The lowest BCUT2D eigenvalue weighted by Crippen LogP contribution is -2.30. The molecule has 1 amide bonds. The number of benzene rings is 2. The quantitative estimate of drug-likeness (QED) is 0.532. The minimum absolute atomic E-state index is 0.184. The zero-order chi connectivity index (χ0) is 19.4. The summed E-state index contributed by atoms with van der Waals surface area (Å²) >= 11 is 3.34. The predicted molar refractivity (Wildman–Crippen MR) is 108 cm³/mol. The maximum atomic E-state index is 12.3. The van der Waals surface area contributed by atoms with Gasteiger partial charge >= 0.3 is 0 Å². The fraction of sp³-hybridized carbons (Fsp3) is 0.105. The van der Waals surface area contributed by atoms with Crippen molar-refractivity contribution in [3.8, 4) is 11.6 Å². The van der Waals surface area contributed by atoms with Crippen molar-refractivity contribution in [2.75, 3.05) is 11.2 Å². The van der Waals surface area contributed by atoms with Crippen molar-refractivity contribution in [1.82, 2.24) is 15.4 Å². The predicted octanol–water partition coefficient (Wildman–Crippen LogP) is 3.99. The molecule has 0 spiro atoms. The summed E-state index contributed by atoms with van der Waals surface area (Å²) in [6, 6.07) is 12.9. The summed E-state index contributed by atoms with van der Waals surface area (Å²) in [5, 5.41) is 0. The van der Waals surface area contributed by atoms with E-state index in [9.17, 15) is 4.79 Å². The Morgan fingerprint density at radius 2 is 1.81 bits per heavy atom. The van der Waals surface area contributed by atoms with E-state index < -0.39 is 0 Å². The SMILES string of the molecule is Cc1cc(C)cc(Oc2ncnc(NNC(=O)c3ccccc3Br)c2N)c1. The summed E-state index contributed by atoms with van der Waals surface area (Å²) in [4.78, 5) is 20.4. The number of nitrogens with one attached hydrogen (secondary N) is 2. The Balaban J connectivity index is 1.75. The lowest BCUT2D eigenvalue weighted by molar-refractivity contribution is 0.0961. The summed E-state index contributed by atoms with van der Waals surface area (Å²) in [5.41, 5.74) is 14.2. The Bertz CT molecular complexity index is 973. The van der Waals surface area contributed by atoms with Crippen molar-refractivity contribution >= 4 is 33.3 Å². The Kier molecular flexibility index (Phi) is 5.56. The van der Waals surface area contributed by atoms with Crippen LogP contribution in [0.3, 0.4) is 0 Å². The van der Waals surface area contributed by atoms with Crippen LogP contribution in [0.15, 0.2) is 53.3 Å². The van der Waals surface area contributed by atoms with Crippen LogP contribution in [0, 0.1) is 13.8 Å². The van der Waals surface area contributed by atoms with E-state index in [2.05, 4.69) is 36.7 Å². The van der Waals surface area contributed by atoms with Gasteiger partial charge < -0.3 is 10.5 Å². The molecule has 2 aromatic carbocycles. The normalized spacial score (nSPS) is 10.3. The number of amides is 1. The van der Waals surface area contributed by atoms with Crippen LogP contribution in [0.5, 0.6) is 11.6 Å². The molecule has 0 aliphatic rings. The smallest absolute Gasteiger partial charge is 0.270 e. The molecule has 138 valence electrons. The van der Waals surface area contributed by atoms with Crippen molar-refractivity contribution in [3.63, 3.8) is 0 Å². The maximum absolute atomic E-state index is 12.3. The van der Waals surface area contributed by atoms with Gasteiger partial charge in [0, 0.05) is 4.47 Å². The standard InChI is InChI=1S/C19H18BrN5O2/c1-11-7-12(2)9-13(8-11)27-19-16(21)17(22-10-23-19)24-25-18(26)14-5-3-4-6-15(14)20/h3-10H,21H2,1-2H3,(H,25,26)(H,22,23,24). The molecule has 0 radical (unpaired) electrons. The van der Waals surface area contributed by atoms with Crippen LogP contribution < -0.4 is 21.3 Å². The molecule has 27 heavy (non-hydrogen) atoms. The monoisotopic (exact) mass is 427 g/mol. The molecule has 0 saturated heterocycles. The molecule has 3 rings (SSSR count). The van der Waals surface area contributed by atoms with E-state index >= 15 is 0 Å². The molecule has 3 aromatic rings. The van der Waals surface area contributed by atoms with Gasteiger partial charge in [0.25, 0.3) is 5.91 Å². The number of carbonyl (C=O) groups is 1. The maximum Gasteiger partial charge on any atom is 0.270 e. The number of hydrogen-bond acceptors (Lipinski definition) is 6. The molecule has 0 atom stereocenters. The van der Waals surface area contributed by atoms with E-state index in [0.717, 1.165) is 11.1 Å². The summed E-state index contributed by atoms with van der Waals surface area (Å²) in [5.74, 6) is 0.732. The number of ether oxygens (including phenoxy) is 1. The first-order valence-corrected chi connectivity index (χ1v) is 8.91. The van der Waals surface area contributed by atoms with Gasteiger partial charge in [0.05, 0.1) is 5.56 Å². The fourth-order valence-corrected chi connectivity index (χ4v) is 2.96. The van der Waals surface area contributed by atoms with Crippen LogP contribution in [0.2, 0.25) is 0 Å². The van der Waals surface area contributed by atoms with Crippen molar-refractivity contribution in [2.45, 2.75) is 13.8 Å². The molecule has 0 unspecified atom stereocenters. The molecular weight excluding hydrogens is 410 g/mol. The number of nitrogen functional groups attached to an aromatic ring is 1. The number of aromatic nitrogens is 2. The van der Waals surface area contributed by atoms with Crippen molar-refractivity contribution < 1.29 is 9.53 Å². The van der Waals surface area contributed by atoms with E-state index in [-0.39, 0.29) is 23.3 Å². The van der Waals surface area contributed by atoms with E-state index in [1.807, 2.05) is 38.1 Å². The first kappa shape index (κ1) is 18.7. The molecule has 0 aliphatic carbocycles. The molecule has 7 nitrogen and oxygen atoms in total. The second-order valence-corrected chi connectivity index (χ2v) is 6.78. The number of rotatable bonds is 5. The average Bonchev–Trinajstić information content (AvgIpc) is 2.62. The summed E-state index contributed by atoms with van der Waals surface area (Å²) in [7, 11) is 0. The molecule has 1 aromatic heterocycles. The minimum atomic E-state index is -0.336. The third-order valence-corrected chi connectivity index (χ3v) is 4.36.